The third-order valence-corrected chi connectivity index (χ3v) is 4.79. The molecule has 130 valence electrons. The van der Waals surface area contributed by atoms with Gasteiger partial charge in [0.2, 0.25) is 5.91 Å². The molecule has 25 heavy (non-hydrogen) atoms. The molecule has 1 amide bonds. The van der Waals surface area contributed by atoms with Gasteiger partial charge in [-0.3, -0.25) is 4.79 Å². The fraction of sp³-hybridized carbons (Fsp3) is 0.389. The van der Waals surface area contributed by atoms with E-state index in [0.717, 1.165) is 29.7 Å². The van der Waals surface area contributed by atoms with Gasteiger partial charge in [-0.05, 0) is 25.0 Å². The second kappa shape index (κ2) is 6.68. The number of nitrogens with one attached hydrogen (secondary N) is 1. The summed E-state index contributed by atoms with van der Waals surface area (Å²) in [6.45, 7) is -0.103. The molecule has 1 aromatic carbocycles. The number of anilines is 1. The van der Waals surface area contributed by atoms with Gasteiger partial charge in [0.25, 0.3) is 0 Å². The van der Waals surface area contributed by atoms with E-state index in [1.54, 1.807) is 10.8 Å². The summed E-state index contributed by atoms with van der Waals surface area (Å²) in [4.78, 5) is 17.0. The maximum atomic E-state index is 12.6. The lowest BCUT2D eigenvalue weighted by Crippen LogP contribution is -2.22. The summed E-state index contributed by atoms with van der Waals surface area (Å²) in [6.07, 6.45) is 6.34. The quantitative estimate of drug-likeness (QED) is 0.748. The molecule has 1 saturated carbocycles. The van der Waals surface area contributed by atoms with E-state index < -0.39 is 0 Å². The van der Waals surface area contributed by atoms with Crippen LogP contribution in [0.2, 0.25) is 0 Å². The molecule has 1 aliphatic carbocycles. The van der Waals surface area contributed by atoms with Gasteiger partial charge in [-0.15, -0.1) is 0 Å². The number of hydrogen-bond donors (Lipinski definition) is 2. The van der Waals surface area contributed by atoms with Gasteiger partial charge in [-0.25, -0.2) is 9.67 Å². The first kappa shape index (κ1) is 15.8. The number of aliphatic hydroxyl groups excluding tert-OH is 1. The summed E-state index contributed by atoms with van der Waals surface area (Å²) >= 11 is 0. The van der Waals surface area contributed by atoms with Crippen LogP contribution in [0.1, 0.15) is 37.5 Å². The van der Waals surface area contributed by atoms with Gasteiger partial charge >= 0.3 is 0 Å². The Balaban J connectivity index is 1.54. The van der Waals surface area contributed by atoms with Gasteiger partial charge in [-0.2, -0.15) is 5.10 Å². The molecule has 0 bridgehead atoms. The zero-order valence-electron chi connectivity index (χ0n) is 13.9. The van der Waals surface area contributed by atoms with Crippen molar-refractivity contribution in [3.63, 3.8) is 0 Å². The highest BCUT2D eigenvalue weighted by Gasteiger charge is 2.21. The third kappa shape index (κ3) is 3.02. The van der Waals surface area contributed by atoms with E-state index in [0.29, 0.717) is 11.9 Å². The highest BCUT2D eigenvalue weighted by molar-refractivity contribution is 5.91. The third-order valence-electron chi connectivity index (χ3n) is 4.79. The molecule has 2 N–H and O–H groups in total. The molecule has 0 spiro atoms. The molecular weight excluding hydrogens is 318 g/mol. The molecule has 0 radical (unpaired) electrons. The summed E-state index contributed by atoms with van der Waals surface area (Å²) in [7, 11) is 0. The number of hydrogen-bond acceptors (Lipinski definition) is 4. The van der Waals surface area contributed by atoms with Crippen LogP contribution in [0.4, 0.5) is 5.82 Å². The van der Waals surface area contributed by atoms with Crippen LogP contribution < -0.4 is 5.32 Å². The van der Waals surface area contributed by atoms with E-state index in [9.17, 15) is 9.90 Å². The smallest absolute Gasteiger partial charge is 0.245 e. The summed E-state index contributed by atoms with van der Waals surface area (Å²) in [5.41, 5.74) is 1.61. The Morgan fingerprint density at radius 3 is 2.84 bits per heavy atom. The maximum absolute atomic E-state index is 12.6. The van der Waals surface area contributed by atoms with Crippen molar-refractivity contribution in [3.8, 4) is 0 Å². The molecule has 2 aromatic heterocycles. The number of carbonyl (C=O) groups excluding carboxylic acids is 1. The van der Waals surface area contributed by atoms with Crippen LogP contribution in [0.15, 0.2) is 36.5 Å². The lowest BCUT2D eigenvalue weighted by atomic mass is 10.2. The minimum atomic E-state index is -0.206. The molecule has 3 aromatic rings. The summed E-state index contributed by atoms with van der Waals surface area (Å²) in [5, 5.41) is 16.9. The fourth-order valence-corrected chi connectivity index (χ4v) is 3.60. The molecule has 0 atom stereocenters. The largest absolute Gasteiger partial charge is 0.388 e. The van der Waals surface area contributed by atoms with Crippen molar-refractivity contribution in [3.05, 3.63) is 42.4 Å². The topological polar surface area (TPSA) is 85.0 Å². The molecule has 1 fully saturated rings. The Labute approximate surface area is 145 Å². The van der Waals surface area contributed by atoms with Gasteiger partial charge in [0.05, 0.1) is 23.3 Å². The second-order valence-corrected chi connectivity index (χ2v) is 6.41. The van der Waals surface area contributed by atoms with Crippen molar-refractivity contribution in [1.29, 1.82) is 0 Å². The zero-order chi connectivity index (χ0) is 17.2. The molecular formula is C18H21N5O2. The number of carbonyl (C=O) groups is 1. The second-order valence-electron chi connectivity index (χ2n) is 6.41. The molecule has 7 heteroatoms. The van der Waals surface area contributed by atoms with Crippen molar-refractivity contribution >= 4 is 22.8 Å². The van der Waals surface area contributed by atoms with Gasteiger partial charge in [0.1, 0.15) is 24.8 Å². The van der Waals surface area contributed by atoms with E-state index in [1.807, 2.05) is 35.0 Å². The molecule has 4 rings (SSSR count). The molecule has 0 unspecified atom stereocenters. The number of nitrogens with zero attached hydrogens (tertiary/aromatic N) is 4. The first-order valence-electron chi connectivity index (χ1n) is 8.64. The summed E-state index contributed by atoms with van der Waals surface area (Å²) in [5.74, 6) is 1.06. The Morgan fingerprint density at radius 2 is 2.04 bits per heavy atom. The Morgan fingerprint density at radius 1 is 1.24 bits per heavy atom. The minimum absolute atomic E-state index is 0.103. The molecule has 1 aliphatic rings. The number of amides is 1. The molecule has 7 nitrogen and oxygen atoms in total. The molecule has 0 aliphatic heterocycles. The summed E-state index contributed by atoms with van der Waals surface area (Å²) < 4.78 is 3.67. The van der Waals surface area contributed by atoms with Crippen LogP contribution in [0.3, 0.4) is 0 Å². The Hall–Kier alpha value is -2.67. The van der Waals surface area contributed by atoms with Crippen LogP contribution in [0, 0.1) is 0 Å². The lowest BCUT2D eigenvalue weighted by molar-refractivity contribution is -0.116. The summed E-state index contributed by atoms with van der Waals surface area (Å²) in [6, 6.07) is 9.76. The molecule has 0 saturated heterocycles. The van der Waals surface area contributed by atoms with E-state index >= 15 is 0 Å². The Bertz CT molecular complexity index is 892. The fourth-order valence-electron chi connectivity index (χ4n) is 3.60. The van der Waals surface area contributed by atoms with E-state index in [4.69, 9.17) is 0 Å². The van der Waals surface area contributed by atoms with Crippen LogP contribution >= 0.6 is 0 Å². The van der Waals surface area contributed by atoms with Crippen LogP contribution in [-0.4, -0.2) is 30.3 Å². The monoisotopic (exact) mass is 339 g/mol. The number of aliphatic hydroxyl groups is 1. The molecule has 2 heterocycles. The predicted octanol–water partition coefficient (Wildman–Crippen LogP) is 2.48. The average Bonchev–Trinajstić information content (AvgIpc) is 3.34. The first-order valence-corrected chi connectivity index (χ1v) is 8.64. The van der Waals surface area contributed by atoms with Crippen molar-refractivity contribution in [1.82, 2.24) is 19.3 Å². The van der Waals surface area contributed by atoms with E-state index in [1.165, 1.54) is 12.8 Å². The van der Waals surface area contributed by atoms with Gasteiger partial charge in [-0.1, -0.05) is 25.0 Å². The standard InChI is InChI=1S/C18H21N5O2/c24-12-17-20-14-7-3-4-8-15(14)22(17)11-18(25)21-16-9-10-19-23(16)13-5-1-2-6-13/h3-4,7-10,13,24H,1-2,5-6,11-12H2,(H,21,25). The van der Waals surface area contributed by atoms with Gasteiger partial charge < -0.3 is 15.0 Å². The maximum Gasteiger partial charge on any atom is 0.245 e. The van der Waals surface area contributed by atoms with Crippen molar-refractivity contribution in [2.45, 2.75) is 44.9 Å². The number of imidazole rings is 1. The first-order chi connectivity index (χ1) is 12.3. The van der Waals surface area contributed by atoms with Gasteiger partial charge in [0, 0.05) is 6.07 Å². The van der Waals surface area contributed by atoms with Crippen LogP contribution in [-0.2, 0) is 17.9 Å². The normalized spacial score (nSPS) is 15.1. The van der Waals surface area contributed by atoms with Crippen molar-refractivity contribution < 1.29 is 9.90 Å². The number of aromatic nitrogens is 4. The number of benzene rings is 1. The highest BCUT2D eigenvalue weighted by atomic mass is 16.3. The van der Waals surface area contributed by atoms with Crippen molar-refractivity contribution in [2.75, 3.05) is 5.32 Å². The van der Waals surface area contributed by atoms with Crippen molar-refractivity contribution in [2.24, 2.45) is 0 Å². The van der Waals surface area contributed by atoms with E-state index in [2.05, 4.69) is 15.4 Å². The number of rotatable bonds is 5. The Kier molecular flexibility index (Phi) is 4.23. The predicted molar refractivity (Wildman–Crippen MR) is 94.0 cm³/mol. The highest BCUT2D eigenvalue weighted by Crippen LogP contribution is 2.31. The van der Waals surface area contributed by atoms with E-state index in [-0.39, 0.29) is 19.1 Å². The van der Waals surface area contributed by atoms with Gasteiger partial charge in [0.15, 0.2) is 0 Å². The number of para-hydroxylation sites is 2. The number of fused-ring (bicyclic) bond motifs is 1. The average molecular weight is 339 g/mol. The van der Waals surface area contributed by atoms with Crippen LogP contribution in [0.25, 0.3) is 11.0 Å². The van der Waals surface area contributed by atoms with Crippen LogP contribution in [0.5, 0.6) is 0 Å². The SMILES string of the molecule is O=C(Cn1c(CO)nc2ccccc21)Nc1ccnn1C1CCCC1. The minimum Gasteiger partial charge on any atom is -0.388 e. The lowest BCUT2D eigenvalue weighted by Gasteiger charge is -2.15. The zero-order valence-corrected chi connectivity index (χ0v) is 13.9.